The molecule has 2 aromatic carbocycles. The van der Waals surface area contributed by atoms with Gasteiger partial charge in [-0.2, -0.15) is 0 Å². The number of hydrogen-bond donors (Lipinski definition) is 1. The van der Waals surface area contributed by atoms with Gasteiger partial charge < -0.3 is 5.32 Å². The van der Waals surface area contributed by atoms with E-state index in [4.69, 9.17) is 0 Å². The van der Waals surface area contributed by atoms with Crippen LogP contribution in [0.4, 0.5) is 9.18 Å². The Kier molecular flexibility index (Phi) is 5.07. The highest BCUT2D eigenvalue weighted by Crippen LogP contribution is 2.28. The van der Waals surface area contributed by atoms with Crippen LogP contribution >= 0.6 is 11.8 Å². The Bertz CT molecular complexity index is 991. The van der Waals surface area contributed by atoms with E-state index in [0.717, 1.165) is 11.3 Å². The molecule has 9 heteroatoms. The van der Waals surface area contributed by atoms with E-state index in [2.05, 4.69) is 15.5 Å². The van der Waals surface area contributed by atoms with E-state index < -0.39 is 0 Å². The molecular formula is C19H16FN5O2S. The van der Waals surface area contributed by atoms with Gasteiger partial charge in [0.1, 0.15) is 5.82 Å². The Morgan fingerprint density at radius 2 is 1.79 bits per heavy atom. The summed E-state index contributed by atoms with van der Waals surface area (Å²) in [6.45, 7) is 0.305. The summed E-state index contributed by atoms with van der Waals surface area (Å²) in [5, 5.41) is 11.7. The Balaban J connectivity index is 1.62. The normalized spacial score (nSPS) is 13.8. The van der Waals surface area contributed by atoms with E-state index >= 15 is 0 Å². The minimum atomic E-state index is -0.379. The lowest BCUT2D eigenvalue weighted by molar-refractivity contribution is -0.124. The number of nitrogens with one attached hydrogen (secondary N) is 1. The van der Waals surface area contributed by atoms with Crippen molar-refractivity contribution in [2.75, 3.05) is 18.8 Å². The van der Waals surface area contributed by atoms with Gasteiger partial charge >= 0.3 is 6.03 Å². The van der Waals surface area contributed by atoms with Crippen LogP contribution in [0.1, 0.15) is 0 Å². The standard InChI is InChI=1S/C19H16FN5O2S/c20-14-6-8-15(9-7-14)25-17(13-4-2-1-3-5-13)22-23-19(25)28-11-10-24-16(26)12-21-18(24)27/h1-9H,10-12H2,(H,21,27). The number of rotatable bonds is 6. The smallest absolute Gasteiger partial charge is 0.324 e. The number of thioether (sulfide) groups is 1. The number of benzene rings is 2. The minimum Gasteiger partial charge on any atom is -0.329 e. The zero-order chi connectivity index (χ0) is 19.5. The van der Waals surface area contributed by atoms with E-state index in [-0.39, 0.29) is 30.8 Å². The topological polar surface area (TPSA) is 80.1 Å². The van der Waals surface area contributed by atoms with Gasteiger partial charge in [0.05, 0.1) is 6.54 Å². The molecule has 1 aliphatic rings. The zero-order valence-electron chi connectivity index (χ0n) is 14.7. The van der Waals surface area contributed by atoms with Crippen LogP contribution in [-0.2, 0) is 4.79 Å². The van der Waals surface area contributed by atoms with Crippen molar-refractivity contribution >= 4 is 23.7 Å². The number of nitrogens with zero attached hydrogens (tertiary/aromatic N) is 4. The SMILES string of the molecule is O=C1CNC(=O)N1CCSc1nnc(-c2ccccc2)n1-c1ccc(F)cc1. The Morgan fingerprint density at radius 3 is 2.46 bits per heavy atom. The van der Waals surface area contributed by atoms with Crippen molar-refractivity contribution in [1.29, 1.82) is 0 Å². The molecule has 1 N–H and O–H groups in total. The predicted octanol–water partition coefficient (Wildman–Crippen LogP) is 2.72. The highest BCUT2D eigenvalue weighted by Gasteiger charge is 2.28. The summed E-state index contributed by atoms with van der Waals surface area (Å²) in [7, 11) is 0. The summed E-state index contributed by atoms with van der Waals surface area (Å²) >= 11 is 1.37. The maximum Gasteiger partial charge on any atom is 0.324 e. The largest absolute Gasteiger partial charge is 0.329 e. The van der Waals surface area contributed by atoms with Gasteiger partial charge in [-0.1, -0.05) is 42.1 Å². The second-order valence-corrected chi connectivity index (χ2v) is 7.10. The lowest BCUT2D eigenvalue weighted by Crippen LogP contribution is -2.32. The van der Waals surface area contributed by atoms with Crippen LogP contribution in [0.2, 0.25) is 0 Å². The van der Waals surface area contributed by atoms with E-state index in [9.17, 15) is 14.0 Å². The fourth-order valence-electron chi connectivity index (χ4n) is 2.87. The molecule has 0 bridgehead atoms. The number of carbonyl (C=O) groups excluding carboxylic acids is 2. The minimum absolute atomic E-state index is 0.0351. The highest BCUT2D eigenvalue weighted by atomic mass is 32.2. The molecule has 1 saturated heterocycles. The van der Waals surface area contributed by atoms with E-state index in [1.54, 1.807) is 12.1 Å². The van der Waals surface area contributed by atoms with E-state index in [1.165, 1.54) is 28.8 Å². The molecule has 2 heterocycles. The molecule has 0 unspecified atom stereocenters. The van der Waals surface area contributed by atoms with Crippen LogP contribution in [0.3, 0.4) is 0 Å². The lowest BCUT2D eigenvalue weighted by Gasteiger charge is -2.13. The Labute approximate surface area is 164 Å². The first-order chi connectivity index (χ1) is 13.6. The van der Waals surface area contributed by atoms with Gasteiger partial charge in [-0.25, -0.2) is 9.18 Å². The molecule has 0 aliphatic carbocycles. The first-order valence-corrected chi connectivity index (χ1v) is 9.60. The Hall–Kier alpha value is -3.20. The summed E-state index contributed by atoms with van der Waals surface area (Å²) in [4.78, 5) is 24.5. The van der Waals surface area contributed by atoms with Crippen LogP contribution in [-0.4, -0.2) is 50.4 Å². The average molecular weight is 397 g/mol. The summed E-state index contributed by atoms with van der Waals surface area (Å²) in [5.74, 6) is 0.527. The van der Waals surface area contributed by atoms with Crippen molar-refractivity contribution < 1.29 is 14.0 Å². The quantitative estimate of drug-likeness (QED) is 0.511. The molecule has 28 heavy (non-hydrogen) atoms. The molecule has 3 amide bonds. The third-order valence-electron chi connectivity index (χ3n) is 4.23. The first kappa shape index (κ1) is 18.2. The number of imide groups is 1. The summed E-state index contributed by atoms with van der Waals surface area (Å²) in [5.41, 5.74) is 1.60. The molecule has 142 valence electrons. The van der Waals surface area contributed by atoms with Crippen molar-refractivity contribution in [1.82, 2.24) is 25.0 Å². The molecule has 1 aromatic heterocycles. The molecule has 3 aromatic rings. The molecule has 1 fully saturated rings. The van der Waals surface area contributed by atoms with Crippen molar-refractivity contribution in [2.24, 2.45) is 0 Å². The van der Waals surface area contributed by atoms with E-state index in [1.807, 2.05) is 34.9 Å². The number of carbonyl (C=O) groups is 2. The second-order valence-electron chi connectivity index (χ2n) is 6.04. The van der Waals surface area contributed by atoms with E-state index in [0.29, 0.717) is 16.7 Å². The van der Waals surface area contributed by atoms with Crippen molar-refractivity contribution in [3.05, 3.63) is 60.4 Å². The number of halogens is 1. The molecule has 4 rings (SSSR count). The Morgan fingerprint density at radius 1 is 1.04 bits per heavy atom. The third-order valence-corrected chi connectivity index (χ3v) is 5.14. The van der Waals surface area contributed by atoms with Gasteiger partial charge in [-0.15, -0.1) is 10.2 Å². The summed E-state index contributed by atoms with van der Waals surface area (Å²) < 4.78 is 15.2. The predicted molar refractivity (Wildman–Crippen MR) is 103 cm³/mol. The van der Waals surface area contributed by atoms with Crippen LogP contribution in [0.5, 0.6) is 0 Å². The molecule has 1 aliphatic heterocycles. The zero-order valence-corrected chi connectivity index (χ0v) is 15.5. The van der Waals surface area contributed by atoms with Gasteiger partial charge in [0.15, 0.2) is 11.0 Å². The number of aromatic nitrogens is 3. The molecule has 0 atom stereocenters. The van der Waals surface area contributed by atoms with Gasteiger partial charge in [0, 0.05) is 23.5 Å². The van der Waals surface area contributed by atoms with Crippen LogP contribution in [0.15, 0.2) is 59.8 Å². The maximum atomic E-state index is 13.4. The number of hydrogen-bond acceptors (Lipinski definition) is 5. The average Bonchev–Trinajstić information content (AvgIpc) is 3.27. The fraction of sp³-hybridized carbons (Fsp3) is 0.158. The molecule has 0 radical (unpaired) electrons. The maximum absolute atomic E-state index is 13.4. The lowest BCUT2D eigenvalue weighted by atomic mass is 10.2. The van der Waals surface area contributed by atoms with Crippen molar-refractivity contribution in [2.45, 2.75) is 5.16 Å². The molecule has 0 spiro atoms. The summed E-state index contributed by atoms with van der Waals surface area (Å²) in [6.07, 6.45) is 0. The number of amides is 3. The van der Waals surface area contributed by atoms with Gasteiger partial charge in [-0.05, 0) is 24.3 Å². The number of urea groups is 1. The molecule has 7 nitrogen and oxygen atoms in total. The van der Waals surface area contributed by atoms with Crippen LogP contribution in [0.25, 0.3) is 17.1 Å². The molecule has 0 saturated carbocycles. The fourth-order valence-corrected chi connectivity index (χ4v) is 3.75. The van der Waals surface area contributed by atoms with Crippen molar-refractivity contribution in [3.63, 3.8) is 0 Å². The third kappa shape index (κ3) is 3.61. The van der Waals surface area contributed by atoms with Gasteiger partial charge in [0.25, 0.3) is 0 Å². The van der Waals surface area contributed by atoms with Crippen LogP contribution in [0, 0.1) is 5.82 Å². The summed E-state index contributed by atoms with van der Waals surface area (Å²) in [6, 6.07) is 15.3. The second kappa shape index (κ2) is 7.81. The molecular weight excluding hydrogens is 381 g/mol. The highest BCUT2D eigenvalue weighted by molar-refractivity contribution is 7.99. The first-order valence-electron chi connectivity index (χ1n) is 8.61. The monoisotopic (exact) mass is 397 g/mol. The van der Waals surface area contributed by atoms with Gasteiger partial charge in [0.2, 0.25) is 5.91 Å². The van der Waals surface area contributed by atoms with Gasteiger partial charge in [-0.3, -0.25) is 14.3 Å². The van der Waals surface area contributed by atoms with Crippen molar-refractivity contribution in [3.8, 4) is 17.1 Å². The van der Waals surface area contributed by atoms with Crippen LogP contribution < -0.4 is 5.32 Å².